The molecule has 3 aromatic carbocycles. The van der Waals surface area contributed by atoms with Crippen LogP contribution in [0.15, 0.2) is 76.8 Å². The lowest BCUT2D eigenvalue weighted by molar-refractivity contribution is 0.0603. The Morgan fingerprint density at radius 1 is 0.938 bits per heavy atom. The molecule has 2 heterocycles. The van der Waals surface area contributed by atoms with Gasteiger partial charge in [-0.15, -0.1) is 0 Å². The fraction of sp³-hybridized carbons (Fsp3) is 0.310. The third kappa shape index (κ3) is 2.97. The van der Waals surface area contributed by atoms with Crippen LogP contribution in [0.25, 0.3) is 17.2 Å². The Bertz CT molecular complexity index is 1250. The van der Waals surface area contributed by atoms with Gasteiger partial charge in [-0.25, -0.2) is 0 Å². The third-order valence-electron chi connectivity index (χ3n) is 7.96. The van der Waals surface area contributed by atoms with E-state index in [1.165, 1.54) is 28.0 Å². The number of hydrogen-bond acceptors (Lipinski definition) is 2. The van der Waals surface area contributed by atoms with E-state index in [-0.39, 0.29) is 17.1 Å². The maximum atomic E-state index is 6.63. The van der Waals surface area contributed by atoms with Crippen LogP contribution in [0.3, 0.4) is 0 Å². The van der Waals surface area contributed by atoms with Crippen molar-refractivity contribution in [2.24, 2.45) is 5.92 Å². The smallest absolute Gasteiger partial charge is 0.130 e. The lowest BCUT2D eigenvalue weighted by atomic mass is 9.58. The molecule has 0 aromatic heterocycles. The molecular weight excluding hydrogens is 458 g/mol. The fourth-order valence-electron chi connectivity index (χ4n) is 6.11. The summed E-state index contributed by atoms with van der Waals surface area (Å²) in [6, 6.07) is 24.2. The van der Waals surface area contributed by atoms with Crippen molar-refractivity contribution < 1.29 is 4.74 Å². The van der Waals surface area contributed by atoms with Crippen LogP contribution in [0.1, 0.15) is 44.7 Å². The Labute approximate surface area is 198 Å². The molecule has 162 valence electrons. The molecule has 1 saturated carbocycles. The van der Waals surface area contributed by atoms with E-state index in [4.69, 9.17) is 4.74 Å². The lowest BCUT2D eigenvalue weighted by Crippen LogP contribution is -2.57. The van der Waals surface area contributed by atoms with Crippen molar-refractivity contribution in [3.63, 3.8) is 0 Å². The normalized spacial score (nSPS) is 26.9. The number of benzene rings is 3. The van der Waals surface area contributed by atoms with Gasteiger partial charge in [0.05, 0.1) is 6.04 Å². The average Bonchev–Trinajstić information content (AvgIpc) is 2.78. The zero-order valence-electron chi connectivity index (χ0n) is 18.8. The molecule has 6 rings (SSSR count). The largest absolute Gasteiger partial charge is 0.482 e. The maximum absolute atomic E-state index is 6.63. The van der Waals surface area contributed by atoms with E-state index in [0.717, 1.165) is 28.6 Å². The van der Waals surface area contributed by atoms with Gasteiger partial charge in [-0.1, -0.05) is 66.2 Å². The van der Waals surface area contributed by atoms with Crippen LogP contribution in [0.4, 0.5) is 5.69 Å². The topological polar surface area (TPSA) is 21.3 Å². The van der Waals surface area contributed by atoms with Gasteiger partial charge < -0.3 is 10.1 Å². The van der Waals surface area contributed by atoms with Gasteiger partial charge in [-0.3, -0.25) is 0 Å². The molecule has 2 aliphatic heterocycles. The van der Waals surface area contributed by atoms with Crippen molar-refractivity contribution in [3.05, 3.63) is 87.9 Å². The van der Waals surface area contributed by atoms with Crippen molar-refractivity contribution in [1.29, 1.82) is 0 Å². The number of halogens is 1. The van der Waals surface area contributed by atoms with Gasteiger partial charge in [0.2, 0.25) is 0 Å². The lowest BCUT2D eigenvalue weighted by Gasteiger charge is -2.55. The highest BCUT2D eigenvalue weighted by Crippen LogP contribution is 2.55. The Balaban J connectivity index is 1.45. The van der Waals surface area contributed by atoms with Gasteiger partial charge in [0.1, 0.15) is 11.4 Å². The summed E-state index contributed by atoms with van der Waals surface area (Å²) in [4.78, 5) is 0. The summed E-state index contributed by atoms with van der Waals surface area (Å²) in [5.74, 6) is 1.50. The molecule has 3 aliphatic rings. The molecule has 1 unspecified atom stereocenters. The molecule has 0 amide bonds. The van der Waals surface area contributed by atoms with Crippen LogP contribution in [0, 0.1) is 5.92 Å². The molecule has 3 aromatic rings. The number of hydrogen-bond donors (Lipinski definition) is 1. The van der Waals surface area contributed by atoms with Crippen molar-refractivity contribution in [2.75, 3.05) is 5.32 Å². The second-order valence-electron chi connectivity index (χ2n) is 10.2. The van der Waals surface area contributed by atoms with E-state index in [1.54, 1.807) is 0 Å². The van der Waals surface area contributed by atoms with Crippen LogP contribution < -0.4 is 10.1 Å². The van der Waals surface area contributed by atoms with E-state index in [1.807, 2.05) is 0 Å². The van der Waals surface area contributed by atoms with Crippen molar-refractivity contribution in [1.82, 2.24) is 0 Å². The minimum absolute atomic E-state index is 0.0652. The third-order valence-corrected chi connectivity index (χ3v) is 8.45. The Hall–Kier alpha value is -2.52. The van der Waals surface area contributed by atoms with Crippen molar-refractivity contribution >= 4 is 27.7 Å². The SMILES string of the molecule is CC12CC[C@@H]3[C@H](Nc4ccc(-c5ccccc5)cc4C3(C)C)C1=Cc1cc(Br)ccc1O2. The average molecular weight is 486 g/mol. The molecule has 32 heavy (non-hydrogen) atoms. The predicted molar refractivity (Wildman–Crippen MR) is 136 cm³/mol. The predicted octanol–water partition coefficient (Wildman–Crippen LogP) is 7.83. The standard InChI is InChI=1S/C29H28BrNO/c1-28(2)22-13-14-29(3)24(17-20-15-21(30)10-12-26(20)32-29)27(22)31-25-11-9-19(16-23(25)28)18-7-5-4-6-8-18/h4-12,15-17,22,27,31H,13-14H2,1-3H3/t22-,27+,29?/m1/s1. The van der Waals surface area contributed by atoms with E-state index in [9.17, 15) is 0 Å². The first kappa shape index (κ1) is 20.1. The number of fused-ring (bicyclic) bond motifs is 5. The van der Waals surface area contributed by atoms with Crippen LogP contribution in [-0.4, -0.2) is 11.6 Å². The maximum Gasteiger partial charge on any atom is 0.130 e. The van der Waals surface area contributed by atoms with Crippen LogP contribution in [0.2, 0.25) is 0 Å². The second-order valence-corrected chi connectivity index (χ2v) is 11.1. The molecule has 3 atom stereocenters. The van der Waals surface area contributed by atoms with Crippen LogP contribution in [0.5, 0.6) is 5.75 Å². The molecule has 0 saturated heterocycles. The fourth-order valence-corrected chi connectivity index (χ4v) is 6.49. The molecular formula is C29H28BrNO. The van der Waals surface area contributed by atoms with Crippen LogP contribution in [-0.2, 0) is 5.41 Å². The van der Waals surface area contributed by atoms with E-state index >= 15 is 0 Å². The highest BCUT2D eigenvalue weighted by Gasteiger charge is 2.52. The summed E-state index contributed by atoms with van der Waals surface area (Å²) in [6.07, 6.45) is 4.56. The van der Waals surface area contributed by atoms with Gasteiger partial charge in [-0.05, 0) is 89.8 Å². The minimum Gasteiger partial charge on any atom is -0.482 e. The molecule has 1 fully saturated rings. The molecule has 1 aliphatic carbocycles. The summed E-state index contributed by atoms with van der Waals surface area (Å²) in [7, 11) is 0. The quantitative estimate of drug-likeness (QED) is 0.379. The Morgan fingerprint density at radius 2 is 1.75 bits per heavy atom. The molecule has 3 heteroatoms. The molecule has 1 N–H and O–H groups in total. The first-order chi connectivity index (χ1) is 15.3. The molecule has 0 bridgehead atoms. The molecule has 2 nitrogen and oxygen atoms in total. The van der Waals surface area contributed by atoms with Crippen LogP contribution >= 0.6 is 15.9 Å². The van der Waals surface area contributed by atoms with E-state index in [2.05, 4.69) is 115 Å². The zero-order valence-corrected chi connectivity index (χ0v) is 20.4. The number of ether oxygens (including phenoxy) is 1. The van der Waals surface area contributed by atoms with Gasteiger partial charge in [0.15, 0.2) is 0 Å². The summed E-state index contributed by atoms with van der Waals surface area (Å²) < 4.78 is 7.72. The summed E-state index contributed by atoms with van der Waals surface area (Å²) >= 11 is 3.63. The summed E-state index contributed by atoms with van der Waals surface area (Å²) in [5.41, 5.74) is 7.59. The van der Waals surface area contributed by atoms with E-state index < -0.39 is 0 Å². The first-order valence-electron chi connectivity index (χ1n) is 11.5. The summed E-state index contributed by atoms with van der Waals surface area (Å²) in [5, 5.41) is 3.94. The van der Waals surface area contributed by atoms with Gasteiger partial charge in [-0.2, -0.15) is 0 Å². The second kappa shape index (κ2) is 6.99. The first-order valence-corrected chi connectivity index (χ1v) is 12.3. The van der Waals surface area contributed by atoms with Crippen molar-refractivity contribution in [2.45, 2.75) is 50.7 Å². The van der Waals surface area contributed by atoms with E-state index in [0.29, 0.717) is 5.92 Å². The zero-order chi connectivity index (χ0) is 22.1. The number of nitrogens with one attached hydrogen (secondary N) is 1. The highest BCUT2D eigenvalue weighted by atomic mass is 79.9. The monoisotopic (exact) mass is 485 g/mol. The highest BCUT2D eigenvalue weighted by molar-refractivity contribution is 9.10. The minimum atomic E-state index is -0.257. The number of rotatable bonds is 1. The van der Waals surface area contributed by atoms with Gasteiger partial charge >= 0.3 is 0 Å². The Kier molecular flexibility index (Phi) is 4.39. The van der Waals surface area contributed by atoms with Crippen molar-refractivity contribution in [3.8, 4) is 16.9 Å². The Morgan fingerprint density at radius 3 is 2.56 bits per heavy atom. The molecule has 0 spiro atoms. The van der Waals surface area contributed by atoms with Gasteiger partial charge in [0.25, 0.3) is 0 Å². The molecule has 0 radical (unpaired) electrons. The summed E-state index contributed by atoms with van der Waals surface area (Å²) in [6.45, 7) is 7.12. The number of anilines is 1. The van der Waals surface area contributed by atoms with Gasteiger partial charge in [0, 0.05) is 15.7 Å².